The number of hydrogen-bond donors (Lipinski definition) is 1. The molecule has 1 N–H and O–H groups in total. The van der Waals surface area contributed by atoms with Crippen LogP contribution in [0.1, 0.15) is 31.2 Å². The van der Waals surface area contributed by atoms with Crippen LogP contribution in [0.5, 0.6) is 5.75 Å². The number of aromatic hydroxyl groups is 1. The zero-order chi connectivity index (χ0) is 31.9. The third-order valence-electron chi connectivity index (χ3n) is 9.96. The van der Waals surface area contributed by atoms with Crippen LogP contribution in [0.4, 0.5) is 21.5 Å². The molecule has 7 rings (SSSR count). The van der Waals surface area contributed by atoms with Gasteiger partial charge < -0.3 is 5.11 Å². The predicted molar refractivity (Wildman–Crippen MR) is 160 cm³/mol. The summed E-state index contributed by atoms with van der Waals surface area (Å²) >= 11 is 6.03. The van der Waals surface area contributed by atoms with Crippen LogP contribution in [0, 0.1) is 45.0 Å². The number of imide groups is 2. The van der Waals surface area contributed by atoms with Crippen molar-refractivity contribution in [1.29, 1.82) is 0 Å². The van der Waals surface area contributed by atoms with Crippen LogP contribution < -0.4 is 9.80 Å². The van der Waals surface area contributed by atoms with Crippen LogP contribution in [0.3, 0.4) is 0 Å². The van der Waals surface area contributed by atoms with Crippen LogP contribution >= 0.6 is 11.6 Å². The van der Waals surface area contributed by atoms with Gasteiger partial charge in [-0.05, 0) is 67.6 Å². The zero-order valence-electron chi connectivity index (χ0n) is 23.7. The van der Waals surface area contributed by atoms with Gasteiger partial charge in [0.15, 0.2) is 0 Å². The van der Waals surface area contributed by atoms with E-state index in [-0.39, 0.29) is 40.7 Å². The molecule has 4 aliphatic rings. The summed E-state index contributed by atoms with van der Waals surface area (Å²) in [6, 6.07) is 15.3. The second kappa shape index (κ2) is 10.1. The van der Waals surface area contributed by atoms with Gasteiger partial charge in [0.1, 0.15) is 11.6 Å². The van der Waals surface area contributed by atoms with Gasteiger partial charge in [0.05, 0.1) is 44.5 Å². The lowest BCUT2D eigenvalue weighted by Gasteiger charge is -2.49. The highest BCUT2D eigenvalue weighted by atomic mass is 35.5. The van der Waals surface area contributed by atoms with Crippen LogP contribution in [0.15, 0.2) is 78.4 Å². The van der Waals surface area contributed by atoms with Crippen molar-refractivity contribution in [2.75, 3.05) is 9.80 Å². The second-order valence-electron chi connectivity index (χ2n) is 12.1. The van der Waals surface area contributed by atoms with E-state index >= 15 is 0 Å². The lowest BCUT2D eigenvalue weighted by atomic mass is 9.51. The highest BCUT2D eigenvalue weighted by molar-refractivity contribution is 6.32. The number of non-ortho nitro benzene ring substituents is 1. The quantitative estimate of drug-likeness (QED) is 0.173. The molecule has 2 heterocycles. The summed E-state index contributed by atoms with van der Waals surface area (Å²) in [4.78, 5) is 69.2. The third-order valence-corrected chi connectivity index (χ3v) is 10.3. The molecule has 228 valence electrons. The number of allylic oxidation sites excluding steroid dienone is 2. The van der Waals surface area contributed by atoms with Crippen LogP contribution in [-0.4, -0.2) is 33.7 Å². The Balaban J connectivity index is 1.35. The van der Waals surface area contributed by atoms with Gasteiger partial charge in [0.2, 0.25) is 23.6 Å². The number of phenolic OH excluding ortho intramolecular Hbond substituents is 1. The van der Waals surface area contributed by atoms with Crippen molar-refractivity contribution in [3.63, 3.8) is 0 Å². The molecule has 0 unspecified atom stereocenters. The minimum atomic E-state index is -1.32. The Morgan fingerprint density at radius 2 is 1.64 bits per heavy atom. The van der Waals surface area contributed by atoms with Crippen LogP contribution in [0.25, 0.3) is 0 Å². The summed E-state index contributed by atoms with van der Waals surface area (Å²) in [6.07, 6.45) is 2.17. The number of fused-ring (bicyclic) bond motifs is 4. The molecule has 0 radical (unpaired) electrons. The van der Waals surface area contributed by atoms with Crippen molar-refractivity contribution < 1.29 is 33.6 Å². The summed E-state index contributed by atoms with van der Waals surface area (Å²) < 4.78 is 14.0. The summed E-state index contributed by atoms with van der Waals surface area (Å²) in [6.45, 7) is 1.71. The highest BCUT2D eigenvalue weighted by Gasteiger charge is 2.67. The number of rotatable bonds is 4. The molecule has 0 spiro atoms. The lowest BCUT2D eigenvalue weighted by Crippen LogP contribution is -2.48. The monoisotopic (exact) mass is 629 g/mol. The van der Waals surface area contributed by atoms with E-state index in [9.17, 15) is 38.8 Å². The molecule has 2 saturated heterocycles. The van der Waals surface area contributed by atoms with E-state index in [1.807, 2.05) is 6.08 Å². The molecule has 3 fully saturated rings. The number of nitrogens with zero attached hydrogens (tertiary/aromatic N) is 3. The van der Waals surface area contributed by atoms with Gasteiger partial charge in [-0.2, -0.15) is 0 Å². The van der Waals surface area contributed by atoms with E-state index in [2.05, 4.69) is 0 Å². The Morgan fingerprint density at radius 3 is 2.33 bits per heavy atom. The molecule has 6 atom stereocenters. The summed E-state index contributed by atoms with van der Waals surface area (Å²) in [5.41, 5.74) is 0.00601. The average Bonchev–Trinajstić information content (AvgIpc) is 3.38. The standard InChI is InChI=1S/C33H25ClFN3O7/c1-33-24(30(41)37(32(33)43)18-7-12-26(35)25(34)14-18)15-23-21(28(33)16-5-8-20(39)9-6-16)10-11-22-27(23)31(42)36(29(22)40)17-3-2-4-19(13-17)38(44)45/h2-10,12-14,22-24,27-28,39H,11,15H2,1H3/t22-,23+,24-,27-,28-,33+/m0/s1. The van der Waals surface area contributed by atoms with Crippen molar-refractivity contribution in [2.45, 2.75) is 25.7 Å². The number of carbonyl (C=O) groups excluding carboxylic acids is 4. The molecule has 1 saturated carbocycles. The molecule has 2 aliphatic carbocycles. The maximum atomic E-state index is 14.4. The number of hydrogen-bond acceptors (Lipinski definition) is 7. The Morgan fingerprint density at radius 1 is 0.933 bits per heavy atom. The van der Waals surface area contributed by atoms with Crippen molar-refractivity contribution in [3.05, 3.63) is 105 Å². The van der Waals surface area contributed by atoms with Gasteiger partial charge >= 0.3 is 0 Å². The van der Waals surface area contributed by atoms with Gasteiger partial charge in [-0.1, -0.05) is 41.4 Å². The second-order valence-corrected chi connectivity index (χ2v) is 12.5. The minimum Gasteiger partial charge on any atom is -0.508 e. The fraction of sp³-hybridized carbons (Fsp3) is 0.273. The maximum absolute atomic E-state index is 14.4. The van der Waals surface area contributed by atoms with Crippen LogP contribution in [0.2, 0.25) is 5.02 Å². The number of benzene rings is 3. The minimum absolute atomic E-state index is 0.00562. The summed E-state index contributed by atoms with van der Waals surface area (Å²) in [7, 11) is 0. The topological polar surface area (TPSA) is 138 Å². The average molecular weight is 630 g/mol. The summed E-state index contributed by atoms with van der Waals surface area (Å²) in [5.74, 6) is -6.56. The smallest absolute Gasteiger partial charge is 0.271 e. The number of halogens is 2. The molecule has 2 aliphatic heterocycles. The Bertz CT molecular complexity index is 1880. The molecular formula is C33H25ClFN3O7. The molecule has 0 aromatic heterocycles. The maximum Gasteiger partial charge on any atom is 0.271 e. The highest BCUT2D eigenvalue weighted by Crippen LogP contribution is 2.63. The molecule has 4 amide bonds. The molecule has 3 aromatic carbocycles. The molecule has 45 heavy (non-hydrogen) atoms. The largest absolute Gasteiger partial charge is 0.508 e. The lowest BCUT2D eigenvalue weighted by molar-refractivity contribution is -0.384. The molecule has 3 aromatic rings. The number of amides is 4. The van der Waals surface area contributed by atoms with E-state index < -0.39 is 69.4 Å². The first-order valence-electron chi connectivity index (χ1n) is 14.4. The number of nitro groups is 1. The fourth-order valence-electron chi connectivity index (χ4n) is 7.93. The number of phenols is 1. The van der Waals surface area contributed by atoms with Gasteiger partial charge in [-0.25, -0.2) is 14.2 Å². The van der Waals surface area contributed by atoms with Crippen molar-refractivity contribution in [1.82, 2.24) is 0 Å². The Kier molecular flexibility index (Phi) is 6.45. The zero-order valence-corrected chi connectivity index (χ0v) is 24.5. The summed E-state index contributed by atoms with van der Waals surface area (Å²) in [5, 5.41) is 21.2. The first-order valence-corrected chi connectivity index (χ1v) is 14.8. The van der Waals surface area contributed by atoms with E-state index in [0.717, 1.165) is 21.4 Å². The van der Waals surface area contributed by atoms with E-state index in [4.69, 9.17) is 11.6 Å². The van der Waals surface area contributed by atoms with Crippen LogP contribution in [-0.2, 0) is 19.2 Å². The third kappa shape index (κ3) is 4.06. The van der Waals surface area contributed by atoms with Gasteiger partial charge in [-0.15, -0.1) is 0 Å². The van der Waals surface area contributed by atoms with Crippen molar-refractivity contribution in [2.24, 2.45) is 29.1 Å². The Hall–Kier alpha value is -4.90. The first-order chi connectivity index (χ1) is 21.4. The fourth-order valence-corrected chi connectivity index (χ4v) is 8.11. The number of anilines is 2. The van der Waals surface area contributed by atoms with Gasteiger partial charge in [-0.3, -0.25) is 29.3 Å². The van der Waals surface area contributed by atoms with Gasteiger partial charge in [0, 0.05) is 18.1 Å². The van der Waals surface area contributed by atoms with E-state index in [1.54, 1.807) is 19.1 Å². The number of nitro benzene ring substituents is 1. The Labute approximate surface area is 260 Å². The predicted octanol–water partition coefficient (Wildman–Crippen LogP) is 5.53. The first kappa shape index (κ1) is 28.8. The van der Waals surface area contributed by atoms with Gasteiger partial charge in [0.25, 0.3) is 5.69 Å². The molecule has 0 bridgehead atoms. The van der Waals surface area contributed by atoms with Crippen molar-refractivity contribution in [3.8, 4) is 5.75 Å². The SMILES string of the molecule is C[C@@]12C(=O)N(c3ccc(F)c(Cl)c3)C(=O)[C@@H]1C[C@@H]1C(=CC[C@@H]3C(=O)N(c4cccc([N+](=O)[O-])c4)C(=O)[C@@H]31)[C@@H]2c1ccc(O)cc1. The molecule has 10 nitrogen and oxygen atoms in total. The normalized spacial score (nSPS) is 29.0. The molecular weight excluding hydrogens is 605 g/mol. The van der Waals surface area contributed by atoms with E-state index in [1.165, 1.54) is 48.5 Å². The van der Waals surface area contributed by atoms with Crippen molar-refractivity contribution >= 4 is 52.3 Å². The number of carbonyl (C=O) groups is 4. The molecule has 12 heteroatoms. The van der Waals surface area contributed by atoms with E-state index in [0.29, 0.717) is 5.56 Å².